The van der Waals surface area contributed by atoms with Crippen LogP contribution in [0, 0.1) is 0 Å². The molecule has 2 heteroatoms. The van der Waals surface area contributed by atoms with E-state index in [4.69, 9.17) is 0 Å². The molecule has 12 heavy (non-hydrogen) atoms. The number of carbonyl (C=O) groups is 1. The maximum absolute atomic E-state index is 11.1. The minimum Gasteiger partial charge on any atom is -0.350 e. The summed E-state index contributed by atoms with van der Waals surface area (Å²) in [4.78, 5) is 11.1. The van der Waals surface area contributed by atoms with Crippen LogP contribution in [-0.2, 0) is 4.79 Å². The Labute approximate surface area is 73.4 Å². The largest absolute Gasteiger partial charge is 0.350 e. The monoisotopic (exact) mass is 165 g/mol. The Kier molecular flexibility index (Phi) is 3.58. The molecular formula is C10H15NO. The third-order valence-corrected chi connectivity index (χ3v) is 1.93. The van der Waals surface area contributed by atoms with Crippen LogP contribution in [0.5, 0.6) is 0 Å². The lowest BCUT2D eigenvalue weighted by molar-refractivity contribution is -0.117. The Bertz CT molecular complexity index is 206. The molecule has 1 N–H and O–H groups in total. The van der Waals surface area contributed by atoms with Gasteiger partial charge in [-0.1, -0.05) is 18.2 Å². The Morgan fingerprint density at radius 3 is 3.00 bits per heavy atom. The van der Waals surface area contributed by atoms with Crippen LogP contribution in [0.15, 0.2) is 24.3 Å². The Balaban J connectivity index is 2.30. The number of nitrogens with one attached hydrogen (secondary N) is 1. The zero-order valence-corrected chi connectivity index (χ0v) is 7.42. The van der Waals surface area contributed by atoms with E-state index in [9.17, 15) is 4.79 Å². The molecule has 1 aliphatic carbocycles. The van der Waals surface area contributed by atoms with Gasteiger partial charge < -0.3 is 5.32 Å². The lowest BCUT2D eigenvalue weighted by Crippen LogP contribution is -2.33. The highest BCUT2D eigenvalue weighted by atomic mass is 16.1. The first kappa shape index (κ1) is 9.04. The Morgan fingerprint density at radius 1 is 1.58 bits per heavy atom. The average molecular weight is 165 g/mol. The fourth-order valence-electron chi connectivity index (χ4n) is 1.33. The van der Waals surface area contributed by atoms with Crippen LogP contribution in [0.1, 0.15) is 26.2 Å². The molecule has 0 saturated heterocycles. The molecule has 0 aromatic carbocycles. The molecule has 1 amide bonds. The molecule has 1 aliphatic rings. The third kappa shape index (κ3) is 2.91. The van der Waals surface area contributed by atoms with Gasteiger partial charge in [0.25, 0.3) is 0 Å². The summed E-state index contributed by atoms with van der Waals surface area (Å²) in [6.45, 7) is 1.85. The summed E-state index contributed by atoms with van der Waals surface area (Å²) in [5.74, 6) is 0.0257. The molecule has 0 radical (unpaired) electrons. The van der Waals surface area contributed by atoms with Gasteiger partial charge in [-0.3, -0.25) is 4.79 Å². The first-order chi connectivity index (χ1) is 5.83. The summed E-state index contributed by atoms with van der Waals surface area (Å²) in [6.07, 6.45) is 10.7. The second kappa shape index (κ2) is 4.75. The van der Waals surface area contributed by atoms with E-state index < -0.39 is 0 Å². The topological polar surface area (TPSA) is 29.1 Å². The molecule has 0 heterocycles. The minimum atomic E-state index is 0.0257. The number of hydrogen-bond donors (Lipinski definition) is 1. The van der Waals surface area contributed by atoms with Crippen molar-refractivity contribution in [1.29, 1.82) is 0 Å². The van der Waals surface area contributed by atoms with Gasteiger partial charge in [-0.2, -0.15) is 0 Å². The summed E-state index contributed by atoms with van der Waals surface area (Å²) in [5.41, 5.74) is 0. The summed E-state index contributed by atoms with van der Waals surface area (Å²) < 4.78 is 0. The van der Waals surface area contributed by atoms with Crippen molar-refractivity contribution in [1.82, 2.24) is 5.32 Å². The van der Waals surface area contributed by atoms with Crippen LogP contribution >= 0.6 is 0 Å². The zero-order valence-electron chi connectivity index (χ0n) is 7.42. The summed E-state index contributed by atoms with van der Waals surface area (Å²) in [7, 11) is 0. The Morgan fingerprint density at radius 2 is 2.42 bits per heavy atom. The van der Waals surface area contributed by atoms with Gasteiger partial charge in [-0.25, -0.2) is 0 Å². The van der Waals surface area contributed by atoms with E-state index in [1.165, 1.54) is 0 Å². The number of allylic oxidation sites excluding steroid dienone is 2. The number of hydrogen-bond acceptors (Lipinski definition) is 1. The predicted molar refractivity (Wildman–Crippen MR) is 49.7 cm³/mol. The smallest absolute Gasteiger partial charge is 0.243 e. The second-order valence-corrected chi connectivity index (χ2v) is 2.99. The van der Waals surface area contributed by atoms with Crippen molar-refractivity contribution in [3.8, 4) is 0 Å². The first-order valence-electron chi connectivity index (χ1n) is 4.41. The highest BCUT2D eigenvalue weighted by molar-refractivity contribution is 5.87. The van der Waals surface area contributed by atoms with E-state index in [0.717, 1.165) is 19.3 Å². The van der Waals surface area contributed by atoms with Gasteiger partial charge in [-0.15, -0.1) is 0 Å². The van der Waals surface area contributed by atoms with E-state index in [0.29, 0.717) is 6.04 Å². The minimum absolute atomic E-state index is 0.0257. The van der Waals surface area contributed by atoms with Crippen molar-refractivity contribution >= 4 is 5.91 Å². The highest BCUT2D eigenvalue weighted by Crippen LogP contribution is 2.09. The summed E-state index contributed by atoms with van der Waals surface area (Å²) in [6, 6.07) is 0.346. The van der Waals surface area contributed by atoms with Crippen molar-refractivity contribution in [2.75, 3.05) is 0 Å². The normalized spacial score (nSPS) is 22.9. The number of carbonyl (C=O) groups excluding carboxylic acids is 1. The fourth-order valence-corrected chi connectivity index (χ4v) is 1.33. The molecule has 1 rings (SSSR count). The Hall–Kier alpha value is -1.05. The molecule has 0 spiro atoms. The van der Waals surface area contributed by atoms with Crippen molar-refractivity contribution in [3.63, 3.8) is 0 Å². The average Bonchev–Trinajstić information content (AvgIpc) is 2.06. The van der Waals surface area contributed by atoms with Crippen molar-refractivity contribution in [2.45, 2.75) is 32.2 Å². The van der Waals surface area contributed by atoms with Gasteiger partial charge in [0.05, 0.1) is 0 Å². The van der Waals surface area contributed by atoms with Gasteiger partial charge in [-0.05, 0) is 32.3 Å². The van der Waals surface area contributed by atoms with Crippen LogP contribution in [0.2, 0.25) is 0 Å². The quantitative estimate of drug-likeness (QED) is 0.490. The van der Waals surface area contributed by atoms with Gasteiger partial charge >= 0.3 is 0 Å². The molecule has 1 atom stereocenters. The van der Waals surface area contributed by atoms with Gasteiger partial charge in [0.15, 0.2) is 0 Å². The molecule has 2 nitrogen and oxygen atoms in total. The van der Waals surface area contributed by atoms with Crippen molar-refractivity contribution < 1.29 is 4.79 Å². The van der Waals surface area contributed by atoms with E-state index in [1.807, 2.05) is 6.92 Å². The summed E-state index contributed by atoms with van der Waals surface area (Å²) in [5, 5.41) is 2.94. The van der Waals surface area contributed by atoms with Gasteiger partial charge in [0, 0.05) is 6.04 Å². The molecule has 0 aromatic rings. The number of amides is 1. The van der Waals surface area contributed by atoms with Crippen LogP contribution in [0.4, 0.5) is 0 Å². The molecule has 0 aliphatic heterocycles. The molecular weight excluding hydrogens is 150 g/mol. The van der Waals surface area contributed by atoms with Crippen molar-refractivity contribution in [2.24, 2.45) is 0 Å². The molecule has 66 valence electrons. The SMILES string of the molecule is CC=CC(=O)NC1CC=CCC1. The maximum atomic E-state index is 11.1. The lowest BCUT2D eigenvalue weighted by atomic mass is 10.0. The first-order valence-corrected chi connectivity index (χ1v) is 4.41. The zero-order chi connectivity index (χ0) is 8.81. The van der Waals surface area contributed by atoms with Crippen LogP contribution in [0.25, 0.3) is 0 Å². The van der Waals surface area contributed by atoms with E-state index in [-0.39, 0.29) is 5.91 Å². The van der Waals surface area contributed by atoms with E-state index in [2.05, 4.69) is 17.5 Å². The third-order valence-electron chi connectivity index (χ3n) is 1.93. The van der Waals surface area contributed by atoms with E-state index >= 15 is 0 Å². The molecule has 0 fully saturated rings. The fraction of sp³-hybridized carbons (Fsp3) is 0.500. The molecule has 0 bridgehead atoms. The second-order valence-electron chi connectivity index (χ2n) is 2.99. The molecule has 1 unspecified atom stereocenters. The standard InChI is InChI=1S/C10H15NO/c1-2-6-10(12)11-9-7-4-3-5-8-9/h2-4,6,9H,5,7-8H2,1H3,(H,11,12). The number of rotatable bonds is 2. The summed E-state index contributed by atoms with van der Waals surface area (Å²) >= 11 is 0. The van der Waals surface area contributed by atoms with Crippen LogP contribution < -0.4 is 5.32 Å². The van der Waals surface area contributed by atoms with Crippen molar-refractivity contribution in [3.05, 3.63) is 24.3 Å². The van der Waals surface area contributed by atoms with Crippen LogP contribution in [-0.4, -0.2) is 11.9 Å². The maximum Gasteiger partial charge on any atom is 0.243 e. The lowest BCUT2D eigenvalue weighted by Gasteiger charge is -2.17. The van der Waals surface area contributed by atoms with Gasteiger partial charge in [0.2, 0.25) is 5.91 Å². The molecule has 0 aromatic heterocycles. The predicted octanol–water partition coefficient (Wildman–Crippen LogP) is 1.79. The molecule has 0 saturated carbocycles. The van der Waals surface area contributed by atoms with Gasteiger partial charge in [0.1, 0.15) is 0 Å². The van der Waals surface area contributed by atoms with Crippen LogP contribution in [0.3, 0.4) is 0 Å². The highest BCUT2D eigenvalue weighted by Gasteiger charge is 2.10. The van der Waals surface area contributed by atoms with E-state index in [1.54, 1.807) is 12.2 Å².